The molecule has 4 rings (SSSR count). The van der Waals surface area contributed by atoms with Crippen LogP contribution in [-0.2, 0) is 15.0 Å². The Morgan fingerprint density at radius 3 is 2.63 bits per heavy atom. The number of halogens is 1. The lowest BCUT2D eigenvalue weighted by atomic mass is 9.85. The first-order valence-electron chi connectivity index (χ1n) is 8.10. The Kier molecular flexibility index (Phi) is 4.00. The molecular formula is C18H12BrN5O3. The van der Waals surface area contributed by atoms with E-state index in [4.69, 9.17) is 6.57 Å². The monoisotopic (exact) mass is 425 g/mol. The summed E-state index contributed by atoms with van der Waals surface area (Å²) in [6, 6.07) is 5.22. The summed E-state index contributed by atoms with van der Waals surface area (Å²) in [5.74, 6) is -1.41. The Morgan fingerprint density at radius 1 is 1.30 bits per heavy atom. The highest BCUT2D eigenvalue weighted by molar-refractivity contribution is 9.10. The molecule has 0 saturated heterocycles. The highest BCUT2D eigenvalue weighted by Crippen LogP contribution is 2.53. The van der Waals surface area contributed by atoms with Crippen LogP contribution >= 0.6 is 15.9 Å². The van der Waals surface area contributed by atoms with Gasteiger partial charge in [0.2, 0.25) is 23.5 Å². The van der Waals surface area contributed by atoms with Crippen LogP contribution < -0.4 is 5.32 Å². The molecule has 0 radical (unpaired) electrons. The number of hydrogen-bond acceptors (Lipinski definition) is 5. The average molecular weight is 426 g/mol. The average Bonchev–Trinajstić information content (AvgIpc) is 3.46. The van der Waals surface area contributed by atoms with E-state index in [0.717, 1.165) is 14.9 Å². The first-order valence-corrected chi connectivity index (χ1v) is 8.89. The predicted octanol–water partition coefficient (Wildman–Crippen LogP) is 2.44. The fraction of sp³-hybridized carbons (Fsp3) is 0.222. The van der Waals surface area contributed by atoms with Gasteiger partial charge in [0.25, 0.3) is 5.91 Å². The van der Waals surface area contributed by atoms with Gasteiger partial charge in [-0.05, 0) is 36.6 Å². The van der Waals surface area contributed by atoms with Crippen LogP contribution in [0.4, 0.5) is 11.6 Å². The molecule has 2 heterocycles. The number of rotatable bonds is 3. The second-order valence-corrected chi connectivity index (χ2v) is 7.31. The Morgan fingerprint density at radius 2 is 2.00 bits per heavy atom. The molecule has 3 amide bonds. The van der Waals surface area contributed by atoms with E-state index in [9.17, 15) is 14.4 Å². The molecule has 27 heavy (non-hydrogen) atoms. The Hall–Kier alpha value is -3.12. The summed E-state index contributed by atoms with van der Waals surface area (Å²) >= 11 is 3.38. The summed E-state index contributed by atoms with van der Waals surface area (Å²) in [5.41, 5.74) is 0.705. The quantitative estimate of drug-likeness (QED) is 0.601. The van der Waals surface area contributed by atoms with Crippen LogP contribution in [0.1, 0.15) is 28.8 Å². The van der Waals surface area contributed by atoms with Crippen molar-refractivity contribution in [2.75, 3.05) is 11.9 Å². The molecule has 9 heteroatoms. The van der Waals surface area contributed by atoms with Gasteiger partial charge in [0.1, 0.15) is 6.54 Å². The molecule has 1 N–H and O–H groups in total. The normalized spacial score (nSPS) is 16.7. The zero-order chi connectivity index (χ0) is 19.2. The summed E-state index contributed by atoms with van der Waals surface area (Å²) in [5, 5.41) is 2.44. The maximum Gasteiger partial charge on any atom is 0.261 e. The van der Waals surface area contributed by atoms with Crippen LogP contribution in [0.25, 0.3) is 4.85 Å². The molecule has 1 aromatic heterocycles. The van der Waals surface area contributed by atoms with Crippen LogP contribution in [-0.4, -0.2) is 39.1 Å². The van der Waals surface area contributed by atoms with E-state index in [1.807, 2.05) is 6.07 Å². The maximum absolute atomic E-state index is 12.9. The standard InChI is InChI=1S/C18H12BrN5O3/c1-20-11-7-21-17(22-8-11)23-14(25)9-24-15(26)12-3-2-10(19)6-13(12)18(4-5-18)16(24)27/h2-3,6-8H,4-5,9H2,(H,21,22,23,25). The number of anilines is 1. The lowest BCUT2D eigenvalue weighted by molar-refractivity contribution is -0.134. The second kappa shape index (κ2) is 6.25. The summed E-state index contributed by atoms with van der Waals surface area (Å²) in [7, 11) is 0. The number of nitrogens with zero attached hydrogens (tertiary/aromatic N) is 4. The number of carbonyl (C=O) groups is 3. The summed E-state index contributed by atoms with van der Waals surface area (Å²) in [6.07, 6.45) is 3.87. The van der Waals surface area contributed by atoms with Gasteiger partial charge in [-0.15, -0.1) is 0 Å². The minimum Gasteiger partial charge on any atom is -0.293 e. The molecule has 1 aliphatic heterocycles. The number of benzene rings is 1. The summed E-state index contributed by atoms with van der Waals surface area (Å²) in [4.78, 5) is 49.9. The minimum atomic E-state index is -0.707. The molecule has 1 saturated carbocycles. The third-order valence-electron chi connectivity index (χ3n) is 4.70. The van der Waals surface area contributed by atoms with E-state index in [2.05, 4.69) is 36.1 Å². The Bertz CT molecular complexity index is 1020. The molecule has 0 unspecified atom stereocenters. The van der Waals surface area contributed by atoms with Gasteiger partial charge in [-0.25, -0.2) is 14.8 Å². The SMILES string of the molecule is [C-]#[N+]c1cnc(NC(=O)CN2C(=O)c3ccc(Br)cc3C3(CC3)C2=O)nc1. The van der Waals surface area contributed by atoms with E-state index >= 15 is 0 Å². The number of carbonyl (C=O) groups excluding carboxylic acids is 3. The molecule has 2 aliphatic rings. The van der Waals surface area contributed by atoms with Crippen molar-refractivity contribution in [1.82, 2.24) is 14.9 Å². The first-order chi connectivity index (χ1) is 12.9. The molecule has 1 aliphatic carbocycles. The van der Waals surface area contributed by atoms with Crippen LogP contribution in [0.15, 0.2) is 35.1 Å². The maximum atomic E-state index is 12.9. The van der Waals surface area contributed by atoms with E-state index in [1.165, 1.54) is 12.4 Å². The van der Waals surface area contributed by atoms with Crippen molar-refractivity contribution in [3.05, 3.63) is 57.6 Å². The number of fused-ring (bicyclic) bond motifs is 2. The minimum absolute atomic E-state index is 0.00905. The fourth-order valence-corrected chi connectivity index (χ4v) is 3.57. The van der Waals surface area contributed by atoms with E-state index in [-0.39, 0.29) is 17.5 Å². The second-order valence-electron chi connectivity index (χ2n) is 6.39. The molecular weight excluding hydrogens is 414 g/mol. The van der Waals surface area contributed by atoms with Crippen molar-refractivity contribution in [1.29, 1.82) is 0 Å². The number of aromatic nitrogens is 2. The Labute approximate surface area is 162 Å². The number of imide groups is 1. The number of hydrogen-bond donors (Lipinski definition) is 1. The van der Waals surface area contributed by atoms with Crippen LogP contribution in [0.3, 0.4) is 0 Å². The number of nitrogens with one attached hydrogen (secondary N) is 1. The topological polar surface area (TPSA) is 96.6 Å². The fourth-order valence-electron chi connectivity index (χ4n) is 3.21. The zero-order valence-electron chi connectivity index (χ0n) is 13.9. The third-order valence-corrected chi connectivity index (χ3v) is 5.19. The molecule has 0 atom stereocenters. The van der Waals surface area contributed by atoms with Gasteiger partial charge in [0, 0.05) is 22.4 Å². The van der Waals surface area contributed by atoms with Gasteiger partial charge < -0.3 is 0 Å². The van der Waals surface area contributed by atoms with Crippen LogP contribution in [0, 0.1) is 6.57 Å². The third kappa shape index (κ3) is 2.88. The van der Waals surface area contributed by atoms with E-state index in [0.29, 0.717) is 18.4 Å². The van der Waals surface area contributed by atoms with Gasteiger partial charge in [0.15, 0.2) is 0 Å². The van der Waals surface area contributed by atoms with Gasteiger partial charge in [-0.2, -0.15) is 0 Å². The summed E-state index contributed by atoms with van der Waals surface area (Å²) in [6.45, 7) is 6.45. The highest BCUT2D eigenvalue weighted by Gasteiger charge is 2.58. The van der Waals surface area contributed by atoms with Gasteiger partial charge in [0.05, 0.1) is 12.0 Å². The molecule has 8 nitrogen and oxygen atoms in total. The lowest BCUT2D eigenvalue weighted by Crippen LogP contribution is -2.51. The zero-order valence-corrected chi connectivity index (χ0v) is 15.5. The summed E-state index contributed by atoms with van der Waals surface area (Å²) < 4.78 is 0.805. The van der Waals surface area contributed by atoms with E-state index in [1.54, 1.807) is 12.1 Å². The van der Waals surface area contributed by atoms with Crippen LogP contribution in [0.2, 0.25) is 0 Å². The molecule has 1 spiro atoms. The largest absolute Gasteiger partial charge is 0.293 e. The van der Waals surface area contributed by atoms with Crippen molar-refractivity contribution in [3.8, 4) is 0 Å². The lowest BCUT2D eigenvalue weighted by Gasteiger charge is -2.32. The van der Waals surface area contributed by atoms with Crippen molar-refractivity contribution >= 4 is 45.3 Å². The van der Waals surface area contributed by atoms with Gasteiger partial charge >= 0.3 is 0 Å². The molecule has 1 aromatic carbocycles. The van der Waals surface area contributed by atoms with Crippen molar-refractivity contribution < 1.29 is 14.4 Å². The van der Waals surface area contributed by atoms with Crippen molar-refractivity contribution in [3.63, 3.8) is 0 Å². The van der Waals surface area contributed by atoms with Crippen molar-refractivity contribution in [2.45, 2.75) is 18.3 Å². The molecule has 134 valence electrons. The Balaban J connectivity index is 1.56. The van der Waals surface area contributed by atoms with Crippen molar-refractivity contribution in [2.24, 2.45) is 0 Å². The first kappa shape index (κ1) is 17.3. The van der Waals surface area contributed by atoms with E-state index < -0.39 is 23.8 Å². The van der Waals surface area contributed by atoms with Gasteiger partial charge in [-0.1, -0.05) is 15.9 Å². The van der Waals surface area contributed by atoms with Crippen LogP contribution in [0.5, 0.6) is 0 Å². The van der Waals surface area contributed by atoms with Gasteiger partial charge in [-0.3, -0.25) is 24.6 Å². The smallest absolute Gasteiger partial charge is 0.261 e. The number of amides is 3. The highest BCUT2D eigenvalue weighted by atomic mass is 79.9. The molecule has 0 bridgehead atoms. The molecule has 1 fully saturated rings. The predicted molar refractivity (Wildman–Crippen MR) is 98.0 cm³/mol. The molecule has 2 aromatic rings.